The predicted octanol–water partition coefficient (Wildman–Crippen LogP) is 2.07. The molecule has 1 aromatic carbocycles. The van der Waals surface area contributed by atoms with Crippen LogP contribution in [0.1, 0.15) is 25.3 Å². The Bertz CT molecular complexity index is 607. The van der Waals surface area contributed by atoms with E-state index in [1.54, 1.807) is 7.11 Å². The molecule has 0 aliphatic carbocycles. The molecule has 0 unspecified atom stereocenters. The summed E-state index contributed by atoms with van der Waals surface area (Å²) >= 11 is 0. The quantitative estimate of drug-likeness (QED) is 0.864. The number of rotatable bonds is 6. The van der Waals surface area contributed by atoms with Crippen molar-refractivity contribution in [3.05, 3.63) is 23.8 Å². The zero-order valence-corrected chi connectivity index (χ0v) is 14.5. The minimum Gasteiger partial charge on any atom is -0.493 e. The van der Waals surface area contributed by atoms with Crippen LogP contribution in [0.4, 0.5) is 0 Å². The lowest BCUT2D eigenvalue weighted by Gasteiger charge is -2.28. The summed E-state index contributed by atoms with van der Waals surface area (Å²) in [7, 11) is 1.68. The minimum atomic E-state index is -0.00654. The fourth-order valence-electron chi connectivity index (χ4n) is 4.99. The average molecular weight is 333 g/mol. The predicted molar refractivity (Wildman–Crippen MR) is 90.3 cm³/mol. The maximum Gasteiger partial charge on any atom is 0.161 e. The molecule has 1 aromatic rings. The van der Waals surface area contributed by atoms with Crippen molar-refractivity contribution in [2.45, 2.75) is 38.0 Å². The lowest BCUT2D eigenvalue weighted by molar-refractivity contribution is 0.000377. The Balaban J connectivity index is 1.47. The van der Waals surface area contributed by atoms with E-state index in [4.69, 9.17) is 14.2 Å². The van der Waals surface area contributed by atoms with Gasteiger partial charge < -0.3 is 19.3 Å². The molecule has 4 atom stereocenters. The van der Waals surface area contributed by atoms with Crippen molar-refractivity contribution >= 4 is 0 Å². The molecule has 3 fully saturated rings. The lowest BCUT2D eigenvalue weighted by Crippen LogP contribution is -2.37. The highest BCUT2D eigenvalue weighted by Crippen LogP contribution is 2.54. The number of methoxy groups -OCH3 is 1. The molecule has 24 heavy (non-hydrogen) atoms. The molecule has 0 amide bonds. The van der Waals surface area contributed by atoms with E-state index < -0.39 is 0 Å². The molecular formula is C19H27NO4. The second-order valence-corrected chi connectivity index (χ2v) is 7.30. The summed E-state index contributed by atoms with van der Waals surface area (Å²) in [6.07, 6.45) is 2.53. The minimum absolute atomic E-state index is 0.00654. The van der Waals surface area contributed by atoms with Gasteiger partial charge in [0.1, 0.15) is 0 Å². The van der Waals surface area contributed by atoms with Gasteiger partial charge in [0.25, 0.3) is 0 Å². The van der Waals surface area contributed by atoms with E-state index in [1.807, 2.05) is 13.0 Å². The molecule has 132 valence electrons. The first-order valence-corrected chi connectivity index (χ1v) is 9.00. The first-order chi connectivity index (χ1) is 11.7. The molecule has 3 heterocycles. The number of aliphatic hydroxyl groups is 1. The average Bonchev–Trinajstić information content (AvgIpc) is 3.23. The molecular weight excluding hydrogens is 306 g/mol. The fourth-order valence-corrected chi connectivity index (χ4v) is 4.99. The Labute approximate surface area is 143 Å². The Hall–Kier alpha value is -1.30. The van der Waals surface area contributed by atoms with Gasteiger partial charge in [0.2, 0.25) is 0 Å². The molecule has 5 heteroatoms. The Morgan fingerprint density at radius 2 is 2.25 bits per heavy atom. The van der Waals surface area contributed by atoms with Crippen molar-refractivity contribution in [2.75, 3.05) is 33.4 Å². The van der Waals surface area contributed by atoms with Gasteiger partial charge in [-0.15, -0.1) is 0 Å². The summed E-state index contributed by atoms with van der Waals surface area (Å²) < 4.78 is 17.4. The number of nitrogens with zero attached hydrogens (tertiary/aromatic N) is 1. The van der Waals surface area contributed by atoms with E-state index in [0.29, 0.717) is 18.4 Å². The molecule has 0 saturated carbocycles. The molecule has 1 spiro atoms. The summed E-state index contributed by atoms with van der Waals surface area (Å²) in [4.78, 5) is 2.46. The van der Waals surface area contributed by atoms with E-state index in [1.165, 1.54) is 5.56 Å². The van der Waals surface area contributed by atoms with Gasteiger partial charge in [-0.25, -0.2) is 0 Å². The normalized spacial score (nSPS) is 34.5. The van der Waals surface area contributed by atoms with Gasteiger partial charge >= 0.3 is 0 Å². The number of hydrogen-bond donors (Lipinski definition) is 1. The lowest BCUT2D eigenvalue weighted by atomic mass is 9.74. The summed E-state index contributed by atoms with van der Waals surface area (Å²) in [6, 6.07) is 6.17. The number of ether oxygens (including phenoxy) is 3. The maximum atomic E-state index is 9.73. The van der Waals surface area contributed by atoms with Gasteiger partial charge in [-0.05, 0) is 37.5 Å². The molecule has 1 N–H and O–H groups in total. The Kier molecular flexibility index (Phi) is 4.19. The van der Waals surface area contributed by atoms with Crippen LogP contribution in [0.2, 0.25) is 0 Å². The molecule has 0 radical (unpaired) electrons. The molecule has 3 aliphatic heterocycles. The van der Waals surface area contributed by atoms with Crippen LogP contribution in [0, 0.1) is 11.8 Å². The third-order valence-electron chi connectivity index (χ3n) is 6.00. The van der Waals surface area contributed by atoms with Gasteiger partial charge in [0.05, 0.1) is 25.4 Å². The van der Waals surface area contributed by atoms with E-state index in [0.717, 1.165) is 44.0 Å². The smallest absolute Gasteiger partial charge is 0.161 e. The SMILES string of the molecule is CCOc1ccc(CN2C[C@@H]3[C@H](CO)[C@H]4CC[C@]3(C2)O4)cc1OC. The van der Waals surface area contributed by atoms with Crippen molar-refractivity contribution in [3.63, 3.8) is 0 Å². The highest BCUT2D eigenvalue weighted by molar-refractivity contribution is 5.43. The van der Waals surface area contributed by atoms with Crippen LogP contribution in [0.3, 0.4) is 0 Å². The zero-order valence-electron chi connectivity index (χ0n) is 14.5. The molecule has 3 saturated heterocycles. The van der Waals surface area contributed by atoms with Gasteiger partial charge in [-0.1, -0.05) is 6.07 Å². The Morgan fingerprint density at radius 3 is 3.00 bits per heavy atom. The molecule has 2 bridgehead atoms. The van der Waals surface area contributed by atoms with Crippen LogP contribution < -0.4 is 9.47 Å². The largest absolute Gasteiger partial charge is 0.493 e. The van der Waals surface area contributed by atoms with Gasteiger partial charge in [-0.2, -0.15) is 0 Å². The van der Waals surface area contributed by atoms with Crippen LogP contribution in [0.15, 0.2) is 18.2 Å². The van der Waals surface area contributed by atoms with Crippen LogP contribution in [0.25, 0.3) is 0 Å². The van der Waals surface area contributed by atoms with Crippen LogP contribution >= 0.6 is 0 Å². The topological polar surface area (TPSA) is 51.2 Å². The third kappa shape index (κ3) is 2.50. The van der Waals surface area contributed by atoms with Crippen molar-refractivity contribution in [1.82, 2.24) is 4.90 Å². The Morgan fingerprint density at radius 1 is 1.38 bits per heavy atom. The highest BCUT2D eigenvalue weighted by atomic mass is 16.5. The summed E-state index contributed by atoms with van der Waals surface area (Å²) in [5.74, 6) is 2.38. The van der Waals surface area contributed by atoms with Crippen LogP contribution in [-0.4, -0.2) is 55.1 Å². The second kappa shape index (κ2) is 6.21. The van der Waals surface area contributed by atoms with Crippen molar-refractivity contribution in [1.29, 1.82) is 0 Å². The summed E-state index contributed by atoms with van der Waals surface area (Å²) in [5.41, 5.74) is 1.22. The molecule has 5 nitrogen and oxygen atoms in total. The van der Waals surface area contributed by atoms with Crippen molar-refractivity contribution in [3.8, 4) is 11.5 Å². The number of likely N-dealkylation sites (tertiary alicyclic amines) is 1. The summed E-state index contributed by atoms with van der Waals surface area (Å²) in [6.45, 7) is 5.72. The second-order valence-electron chi connectivity index (χ2n) is 7.30. The van der Waals surface area contributed by atoms with Crippen molar-refractivity contribution < 1.29 is 19.3 Å². The fraction of sp³-hybridized carbons (Fsp3) is 0.684. The number of hydrogen-bond acceptors (Lipinski definition) is 5. The van der Waals surface area contributed by atoms with E-state index in [-0.39, 0.29) is 18.3 Å². The maximum absolute atomic E-state index is 9.73. The number of aliphatic hydroxyl groups excluding tert-OH is 1. The summed E-state index contributed by atoms with van der Waals surface area (Å²) in [5, 5.41) is 9.73. The third-order valence-corrected chi connectivity index (χ3v) is 6.00. The van der Waals surface area contributed by atoms with E-state index in [2.05, 4.69) is 17.0 Å². The van der Waals surface area contributed by atoms with Gasteiger partial charge in [0.15, 0.2) is 11.5 Å². The standard InChI is InChI=1S/C19H27NO4/c1-3-23-17-5-4-13(8-18(17)22-2)9-20-10-15-14(11-21)16-6-7-19(15,12-20)24-16/h4-5,8,14-16,21H,3,6-7,9-12H2,1-2H3/t14-,15+,16+,19+/m0/s1. The highest BCUT2D eigenvalue weighted by Gasteiger charge is 2.62. The first kappa shape index (κ1) is 16.2. The first-order valence-electron chi connectivity index (χ1n) is 9.00. The monoisotopic (exact) mass is 333 g/mol. The van der Waals surface area contributed by atoms with Crippen molar-refractivity contribution in [2.24, 2.45) is 11.8 Å². The van der Waals surface area contributed by atoms with Crippen LogP contribution in [0.5, 0.6) is 11.5 Å². The van der Waals surface area contributed by atoms with E-state index >= 15 is 0 Å². The van der Waals surface area contributed by atoms with Crippen LogP contribution in [-0.2, 0) is 11.3 Å². The number of fused-ring (bicyclic) bond motifs is 1. The zero-order chi connectivity index (χ0) is 16.7. The molecule has 0 aromatic heterocycles. The van der Waals surface area contributed by atoms with Gasteiger partial charge in [0, 0.05) is 38.1 Å². The van der Waals surface area contributed by atoms with E-state index in [9.17, 15) is 5.11 Å². The molecule has 3 aliphatic rings. The molecule has 4 rings (SSSR count). The van der Waals surface area contributed by atoms with Gasteiger partial charge in [-0.3, -0.25) is 4.90 Å². The number of benzene rings is 1.